The second-order valence-electron chi connectivity index (χ2n) is 5.12. The highest BCUT2D eigenvalue weighted by Crippen LogP contribution is 2.22. The number of aliphatic imine (C=N–C) groups is 1. The lowest BCUT2D eigenvalue weighted by molar-refractivity contribution is 0.459. The minimum Gasteiger partial charge on any atom is -0.267 e. The van der Waals surface area contributed by atoms with Gasteiger partial charge in [0, 0.05) is 25.6 Å². The van der Waals surface area contributed by atoms with Crippen LogP contribution in [0, 0.1) is 5.92 Å². The lowest BCUT2D eigenvalue weighted by Crippen LogP contribution is -2.11. The number of allylic oxidation sites excluding steroid dienone is 9. The molecule has 3 heteroatoms. The molecular weight excluding hydrogens is 270 g/mol. The first-order chi connectivity index (χ1) is 10.6. The van der Waals surface area contributed by atoms with Crippen molar-refractivity contribution in [1.29, 1.82) is 0 Å². The maximum Gasteiger partial charge on any atom is 0.0845 e. The van der Waals surface area contributed by atoms with E-state index in [4.69, 9.17) is 0 Å². The van der Waals surface area contributed by atoms with E-state index >= 15 is 0 Å². The molecule has 3 nitrogen and oxygen atoms in total. The Morgan fingerprint density at radius 2 is 2.09 bits per heavy atom. The van der Waals surface area contributed by atoms with Gasteiger partial charge < -0.3 is 0 Å². The molecule has 0 aromatic heterocycles. The molecule has 1 aliphatic carbocycles. The molecule has 0 spiro atoms. The number of nitrogens with zero attached hydrogens (tertiary/aromatic N) is 3. The Bertz CT molecular complexity index is 584. The molecule has 22 heavy (non-hydrogen) atoms. The highest BCUT2D eigenvalue weighted by molar-refractivity contribution is 5.72. The molecule has 1 rings (SSSR count). The molecule has 0 heterocycles. The fraction of sp³-hybridized carbons (Fsp3) is 0.263. The zero-order chi connectivity index (χ0) is 16.4. The summed E-state index contributed by atoms with van der Waals surface area (Å²) in [7, 11) is 1.87. The molecule has 0 bridgehead atoms. The van der Waals surface area contributed by atoms with Crippen LogP contribution in [0.4, 0.5) is 0 Å². The Morgan fingerprint density at radius 1 is 1.32 bits per heavy atom. The van der Waals surface area contributed by atoms with Gasteiger partial charge in [0.25, 0.3) is 0 Å². The van der Waals surface area contributed by atoms with E-state index in [-0.39, 0.29) is 0 Å². The monoisotopic (exact) mass is 295 g/mol. The zero-order valence-corrected chi connectivity index (χ0v) is 13.9. The summed E-state index contributed by atoms with van der Waals surface area (Å²) in [5.74, 6) is 0.421. The highest BCUT2D eigenvalue weighted by atomic mass is 15.4. The molecule has 0 aromatic carbocycles. The van der Waals surface area contributed by atoms with E-state index in [0.29, 0.717) is 5.92 Å². The molecule has 0 amide bonds. The van der Waals surface area contributed by atoms with Crippen LogP contribution in [0.2, 0.25) is 0 Å². The summed E-state index contributed by atoms with van der Waals surface area (Å²) in [6.07, 6.45) is 19.9. The van der Waals surface area contributed by atoms with Crippen molar-refractivity contribution in [3.8, 4) is 0 Å². The molecule has 1 atom stereocenters. The third-order valence-corrected chi connectivity index (χ3v) is 3.13. The van der Waals surface area contributed by atoms with Crippen molar-refractivity contribution in [2.45, 2.75) is 20.8 Å². The van der Waals surface area contributed by atoms with Crippen molar-refractivity contribution in [1.82, 2.24) is 5.01 Å². The van der Waals surface area contributed by atoms with Gasteiger partial charge in [0.05, 0.1) is 11.9 Å². The molecular formula is C19H25N3. The molecule has 1 unspecified atom stereocenters. The summed E-state index contributed by atoms with van der Waals surface area (Å²) in [4.78, 5) is 4.33. The van der Waals surface area contributed by atoms with Crippen LogP contribution in [0.5, 0.6) is 0 Å². The maximum absolute atomic E-state index is 4.33. The Labute approximate surface area is 134 Å². The topological polar surface area (TPSA) is 28.0 Å². The van der Waals surface area contributed by atoms with Gasteiger partial charge in [-0.15, -0.1) is 0 Å². The molecule has 0 N–H and O–H groups in total. The number of hydrogen-bond acceptors (Lipinski definition) is 3. The normalized spacial score (nSPS) is 19.6. The highest BCUT2D eigenvalue weighted by Gasteiger charge is 2.09. The van der Waals surface area contributed by atoms with Crippen LogP contribution < -0.4 is 0 Å². The summed E-state index contributed by atoms with van der Waals surface area (Å²) in [5, 5.41) is 5.71. The standard InChI is InChI=1S/C19H25N3/c1-6-7-8-9-12-21-15-19(22(5)20-4)18-11-10-16(2)13-17(3)14-18/h6-16H,4H2,1-3,5H3/b7-6+,9-8-,19-15-,21-12-. The van der Waals surface area contributed by atoms with Crippen molar-refractivity contribution in [2.75, 3.05) is 7.05 Å². The van der Waals surface area contributed by atoms with E-state index in [9.17, 15) is 0 Å². The van der Waals surface area contributed by atoms with Gasteiger partial charge in [-0.25, -0.2) is 0 Å². The lowest BCUT2D eigenvalue weighted by atomic mass is 10.1. The average Bonchev–Trinajstić information content (AvgIpc) is 2.66. The number of hydrazone groups is 1. The first-order valence-corrected chi connectivity index (χ1v) is 7.38. The summed E-state index contributed by atoms with van der Waals surface area (Å²) < 4.78 is 0. The smallest absolute Gasteiger partial charge is 0.0845 e. The Kier molecular flexibility index (Phi) is 7.62. The number of hydrogen-bond donors (Lipinski definition) is 0. The van der Waals surface area contributed by atoms with Crippen LogP contribution in [-0.4, -0.2) is 25.0 Å². The summed E-state index contributed by atoms with van der Waals surface area (Å²) in [5.41, 5.74) is 3.21. The predicted molar refractivity (Wildman–Crippen MR) is 98.0 cm³/mol. The van der Waals surface area contributed by atoms with Crippen LogP contribution in [0.3, 0.4) is 0 Å². The van der Waals surface area contributed by atoms with Gasteiger partial charge in [0.15, 0.2) is 0 Å². The van der Waals surface area contributed by atoms with E-state index in [2.05, 4.69) is 55.0 Å². The van der Waals surface area contributed by atoms with E-state index in [0.717, 1.165) is 11.3 Å². The average molecular weight is 295 g/mol. The number of likely N-dealkylation sites (N-methyl/N-ethyl adjacent to an activating group) is 1. The van der Waals surface area contributed by atoms with Gasteiger partial charge in [0.1, 0.15) is 0 Å². The molecule has 116 valence electrons. The summed E-state index contributed by atoms with van der Waals surface area (Å²) >= 11 is 0. The fourth-order valence-corrected chi connectivity index (χ4v) is 2.04. The van der Waals surface area contributed by atoms with Crippen LogP contribution >= 0.6 is 0 Å². The second kappa shape index (κ2) is 9.50. The van der Waals surface area contributed by atoms with Crippen molar-refractivity contribution >= 4 is 12.9 Å². The van der Waals surface area contributed by atoms with Gasteiger partial charge >= 0.3 is 0 Å². The van der Waals surface area contributed by atoms with Crippen LogP contribution in [0.15, 0.2) is 81.7 Å². The SMILES string of the molecule is C=NN(C)\C(=C/N=C\C=C/C=C/C)C1=CC(C)=CC(C)C=C1. The van der Waals surface area contributed by atoms with Gasteiger partial charge in [-0.3, -0.25) is 10.0 Å². The van der Waals surface area contributed by atoms with Crippen LogP contribution in [0.25, 0.3) is 0 Å². The molecule has 0 fully saturated rings. The largest absolute Gasteiger partial charge is 0.267 e. The van der Waals surface area contributed by atoms with Crippen LogP contribution in [-0.2, 0) is 0 Å². The second-order valence-corrected chi connectivity index (χ2v) is 5.12. The molecule has 0 aromatic rings. The van der Waals surface area contributed by atoms with E-state index in [1.807, 2.05) is 38.3 Å². The molecule has 0 radical (unpaired) electrons. The first kappa shape index (κ1) is 17.6. The van der Waals surface area contributed by atoms with Crippen molar-refractivity contribution < 1.29 is 0 Å². The van der Waals surface area contributed by atoms with Gasteiger partial charge in [0.2, 0.25) is 0 Å². The Balaban J connectivity index is 3.06. The third-order valence-electron chi connectivity index (χ3n) is 3.13. The predicted octanol–water partition coefficient (Wildman–Crippen LogP) is 4.66. The quantitative estimate of drug-likeness (QED) is 0.398. The minimum atomic E-state index is 0.421. The fourth-order valence-electron chi connectivity index (χ4n) is 2.04. The molecule has 1 aliphatic rings. The molecule has 0 aliphatic heterocycles. The number of rotatable bonds is 6. The maximum atomic E-state index is 4.33. The zero-order valence-electron chi connectivity index (χ0n) is 13.9. The molecule has 0 saturated carbocycles. The Morgan fingerprint density at radius 3 is 2.77 bits per heavy atom. The Hall–Kier alpha value is -2.42. The van der Waals surface area contributed by atoms with Crippen LogP contribution in [0.1, 0.15) is 20.8 Å². The van der Waals surface area contributed by atoms with Crippen molar-refractivity contribution in [3.05, 3.63) is 71.7 Å². The summed E-state index contributed by atoms with van der Waals surface area (Å²) in [6, 6.07) is 0. The van der Waals surface area contributed by atoms with Gasteiger partial charge in [-0.1, -0.05) is 55.0 Å². The third kappa shape index (κ3) is 5.92. The molecule has 0 saturated heterocycles. The lowest BCUT2D eigenvalue weighted by Gasteiger charge is -2.16. The van der Waals surface area contributed by atoms with E-state index < -0.39 is 0 Å². The van der Waals surface area contributed by atoms with Gasteiger partial charge in [-0.2, -0.15) is 5.10 Å². The van der Waals surface area contributed by atoms with E-state index in [1.54, 1.807) is 17.4 Å². The first-order valence-electron chi connectivity index (χ1n) is 7.38. The minimum absolute atomic E-state index is 0.421. The van der Waals surface area contributed by atoms with Crippen molar-refractivity contribution in [3.63, 3.8) is 0 Å². The summed E-state index contributed by atoms with van der Waals surface area (Å²) in [6.45, 7) is 9.84. The van der Waals surface area contributed by atoms with Crippen molar-refractivity contribution in [2.24, 2.45) is 16.0 Å². The van der Waals surface area contributed by atoms with Gasteiger partial charge in [-0.05, 0) is 25.8 Å². The van der Waals surface area contributed by atoms with E-state index in [1.165, 1.54) is 5.57 Å².